The number of rotatable bonds is 1. The lowest BCUT2D eigenvalue weighted by atomic mass is 9.97. The highest BCUT2D eigenvalue weighted by Crippen LogP contribution is 2.24. The molecule has 0 aromatic carbocycles. The van der Waals surface area contributed by atoms with Gasteiger partial charge in [0.1, 0.15) is 0 Å². The van der Waals surface area contributed by atoms with Gasteiger partial charge in [-0.2, -0.15) is 0 Å². The average molecular weight is 186 g/mol. The number of aliphatic hydroxyl groups is 1. The molecule has 1 aliphatic heterocycles. The zero-order valence-electron chi connectivity index (χ0n) is 8.54. The summed E-state index contributed by atoms with van der Waals surface area (Å²) in [6.07, 6.45) is -0.501. The summed E-state index contributed by atoms with van der Waals surface area (Å²) in [5, 5.41) is 9.69. The SMILES string of the molecule is C=C(C)C1COC(C)(C)OCC1O. The van der Waals surface area contributed by atoms with Crippen molar-refractivity contribution in [1.29, 1.82) is 0 Å². The Labute approximate surface area is 79.3 Å². The first-order valence-corrected chi connectivity index (χ1v) is 4.54. The molecule has 76 valence electrons. The largest absolute Gasteiger partial charge is 0.390 e. The van der Waals surface area contributed by atoms with E-state index in [1.165, 1.54) is 0 Å². The van der Waals surface area contributed by atoms with Crippen molar-refractivity contribution in [3.63, 3.8) is 0 Å². The Morgan fingerprint density at radius 3 is 2.46 bits per heavy atom. The highest BCUT2D eigenvalue weighted by Gasteiger charge is 2.31. The lowest BCUT2D eigenvalue weighted by molar-refractivity contribution is -0.203. The van der Waals surface area contributed by atoms with Crippen LogP contribution in [0.5, 0.6) is 0 Å². The third kappa shape index (κ3) is 2.79. The molecule has 1 rings (SSSR count). The number of hydrogen-bond donors (Lipinski definition) is 1. The van der Waals surface area contributed by atoms with E-state index in [2.05, 4.69) is 6.58 Å². The van der Waals surface area contributed by atoms with E-state index in [1.807, 2.05) is 20.8 Å². The van der Waals surface area contributed by atoms with Crippen molar-refractivity contribution in [2.75, 3.05) is 13.2 Å². The predicted molar refractivity (Wildman–Crippen MR) is 50.3 cm³/mol. The molecule has 3 nitrogen and oxygen atoms in total. The molecule has 1 aliphatic rings. The molecule has 1 fully saturated rings. The van der Waals surface area contributed by atoms with Crippen molar-refractivity contribution < 1.29 is 14.6 Å². The van der Waals surface area contributed by atoms with Gasteiger partial charge in [-0.3, -0.25) is 0 Å². The molecular formula is C10H18O3. The quantitative estimate of drug-likeness (QED) is 0.628. The van der Waals surface area contributed by atoms with Crippen LogP contribution in [0.1, 0.15) is 20.8 Å². The van der Waals surface area contributed by atoms with Crippen LogP contribution in [0, 0.1) is 5.92 Å². The maximum absolute atomic E-state index is 9.69. The second-order valence-electron chi connectivity index (χ2n) is 4.04. The van der Waals surface area contributed by atoms with Crippen LogP contribution >= 0.6 is 0 Å². The van der Waals surface area contributed by atoms with Crippen LogP contribution in [0.15, 0.2) is 12.2 Å². The van der Waals surface area contributed by atoms with E-state index >= 15 is 0 Å². The molecule has 1 heterocycles. The topological polar surface area (TPSA) is 38.7 Å². The van der Waals surface area contributed by atoms with Crippen molar-refractivity contribution in [1.82, 2.24) is 0 Å². The summed E-state index contributed by atoms with van der Waals surface area (Å²) in [7, 11) is 0. The first kappa shape index (κ1) is 10.7. The van der Waals surface area contributed by atoms with Crippen molar-refractivity contribution in [3.05, 3.63) is 12.2 Å². The van der Waals surface area contributed by atoms with Gasteiger partial charge in [-0.15, -0.1) is 0 Å². The lowest BCUT2D eigenvalue weighted by Crippen LogP contribution is -2.28. The first-order chi connectivity index (χ1) is 5.92. The van der Waals surface area contributed by atoms with Crippen molar-refractivity contribution in [2.45, 2.75) is 32.7 Å². The second-order valence-corrected chi connectivity index (χ2v) is 4.04. The van der Waals surface area contributed by atoms with Crippen molar-refractivity contribution in [3.8, 4) is 0 Å². The Kier molecular flexibility index (Phi) is 3.11. The normalized spacial score (nSPS) is 33.8. The average Bonchev–Trinajstić information content (AvgIpc) is 2.11. The van der Waals surface area contributed by atoms with Gasteiger partial charge in [-0.05, 0) is 20.8 Å². The summed E-state index contributed by atoms with van der Waals surface area (Å²) in [6, 6.07) is 0. The molecule has 0 saturated carbocycles. The highest BCUT2D eigenvalue weighted by molar-refractivity contribution is 5.00. The maximum Gasteiger partial charge on any atom is 0.162 e. The van der Waals surface area contributed by atoms with Gasteiger partial charge in [-0.1, -0.05) is 12.2 Å². The van der Waals surface area contributed by atoms with E-state index in [-0.39, 0.29) is 5.92 Å². The summed E-state index contributed by atoms with van der Waals surface area (Å²) in [4.78, 5) is 0. The molecule has 0 aromatic heterocycles. The highest BCUT2D eigenvalue weighted by atomic mass is 16.7. The van der Waals surface area contributed by atoms with Crippen LogP contribution in [0.2, 0.25) is 0 Å². The van der Waals surface area contributed by atoms with Crippen LogP contribution in [0.3, 0.4) is 0 Å². The summed E-state index contributed by atoms with van der Waals surface area (Å²) in [6.45, 7) is 10.2. The second kappa shape index (κ2) is 3.78. The summed E-state index contributed by atoms with van der Waals surface area (Å²) in [5.41, 5.74) is 0.939. The van der Waals surface area contributed by atoms with Crippen LogP contribution in [-0.4, -0.2) is 30.2 Å². The molecule has 2 atom stereocenters. The fourth-order valence-corrected chi connectivity index (χ4v) is 1.32. The Morgan fingerprint density at radius 1 is 1.38 bits per heavy atom. The molecule has 0 aliphatic carbocycles. The van der Waals surface area contributed by atoms with Gasteiger partial charge in [0.15, 0.2) is 5.79 Å². The fraction of sp³-hybridized carbons (Fsp3) is 0.800. The zero-order chi connectivity index (χ0) is 10.1. The maximum atomic E-state index is 9.69. The van der Waals surface area contributed by atoms with E-state index in [1.54, 1.807) is 0 Å². The Bertz CT molecular complexity index is 198. The van der Waals surface area contributed by atoms with Crippen LogP contribution in [0.25, 0.3) is 0 Å². The molecule has 0 amide bonds. The zero-order valence-corrected chi connectivity index (χ0v) is 8.54. The summed E-state index contributed by atoms with van der Waals surface area (Å²) < 4.78 is 10.9. The third-order valence-electron chi connectivity index (χ3n) is 2.31. The molecule has 1 N–H and O–H groups in total. The number of aliphatic hydroxyl groups excluding tert-OH is 1. The van der Waals surface area contributed by atoms with Gasteiger partial charge in [0.2, 0.25) is 0 Å². The number of hydrogen-bond acceptors (Lipinski definition) is 3. The van der Waals surface area contributed by atoms with Gasteiger partial charge in [0.25, 0.3) is 0 Å². The molecule has 0 aromatic rings. The van der Waals surface area contributed by atoms with E-state index in [0.717, 1.165) is 5.57 Å². The monoisotopic (exact) mass is 186 g/mol. The van der Waals surface area contributed by atoms with E-state index in [9.17, 15) is 5.11 Å². The van der Waals surface area contributed by atoms with Crippen LogP contribution in [-0.2, 0) is 9.47 Å². The minimum atomic E-state index is -0.592. The lowest BCUT2D eigenvalue weighted by Gasteiger charge is -2.22. The van der Waals surface area contributed by atoms with Crippen molar-refractivity contribution in [2.24, 2.45) is 5.92 Å². The van der Waals surface area contributed by atoms with E-state index < -0.39 is 11.9 Å². The minimum Gasteiger partial charge on any atom is -0.390 e. The van der Waals surface area contributed by atoms with Crippen LogP contribution < -0.4 is 0 Å². The predicted octanol–water partition coefficient (Wildman–Crippen LogP) is 1.32. The molecular weight excluding hydrogens is 168 g/mol. The van der Waals surface area contributed by atoms with Gasteiger partial charge in [0.05, 0.1) is 19.3 Å². The summed E-state index contributed by atoms with van der Waals surface area (Å²) >= 11 is 0. The first-order valence-electron chi connectivity index (χ1n) is 4.54. The van der Waals surface area contributed by atoms with Gasteiger partial charge in [0, 0.05) is 5.92 Å². The van der Waals surface area contributed by atoms with Gasteiger partial charge in [-0.25, -0.2) is 0 Å². The van der Waals surface area contributed by atoms with Gasteiger partial charge < -0.3 is 14.6 Å². The summed E-state index contributed by atoms with van der Waals surface area (Å²) in [5.74, 6) is -0.604. The molecule has 1 saturated heterocycles. The molecule has 3 heteroatoms. The Balaban J connectivity index is 2.65. The molecule has 2 unspecified atom stereocenters. The molecule has 0 spiro atoms. The number of ether oxygens (including phenoxy) is 2. The Morgan fingerprint density at radius 2 is 1.92 bits per heavy atom. The minimum absolute atomic E-state index is 0.0122. The van der Waals surface area contributed by atoms with Crippen LogP contribution in [0.4, 0.5) is 0 Å². The van der Waals surface area contributed by atoms with Gasteiger partial charge >= 0.3 is 0 Å². The standard InChI is InChI=1S/C10H18O3/c1-7(2)8-5-12-10(3,4)13-6-9(8)11/h8-9,11H,1,5-6H2,2-4H3. The molecule has 0 radical (unpaired) electrons. The third-order valence-corrected chi connectivity index (χ3v) is 2.31. The fourth-order valence-electron chi connectivity index (χ4n) is 1.32. The van der Waals surface area contributed by atoms with E-state index in [0.29, 0.717) is 13.2 Å². The van der Waals surface area contributed by atoms with Crippen molar-refractivity contribution >= 4 is 0 Å². The Hall–Kier alpha value is -0.380. The molecule has 0 bridgehead atoms. The molecule has 13 heavy (non-hydrogen) atoms. The smallest absolute Gasteiger partial charge is 0.162 e. The van der Waals surface area contributed by atoms with E-state index in [4.69, 9.17) is 9.47 Å².